The maximum absolute atomic E-state index is 13.8. The summed E-state index contributed by atoms with van der Waals surface area (Å²) in [7, 11) is 2.06. The minimum atomic E-state index is -0.163. The van der Waals surface area contributed by atoms with Crippen LogP contribution in [0.1, 0.15) is 26.3 Å². The molecule has 0 unspecified atom stereocenters. The van der Waals surface area contributed by atoms with Gasteiger partial charge in [0.1, 0.15) is 5.82 Å². The number of halogens is 1. The highest BCUT2D eigenvalue weighted by atomic mass is 19.1. The smallest absolute Gasteiger partial charge is 0.131 e. The maximum Gasteiger partial charge on any atom is 0.131 e. The molecule has 0 heterocycles. The molecule has 0 saturated heterocycles. The summed E-state index contributed by atoms with van der Waals surface area (Å²) < 4.78 is 13.8. The first-order valence-electron chi connectivity index (χ1n) is 7.89. The zero-order chi connectivity index (χ0) is 16.9. The molecule has 0 aliphatic heterocycles. The van der Waals surface area contributed by atoms with Gasteiger partial charge in [-0.05, 0) is 50.9 Å². The molecular formula is C21H24FN. The van der Waals surface area contributed by atoms with Gasteiger partial charge in [0.05, 0.1) is 0 Å². The van der Waals surface area contributed by atoms with Gasteiger partial charge in [0.25, 0.3) is 0 Å². The Balaban J connectivity index is 2.03. The van der Waals surface area contributed by atoms with E-state index in [0.717, 1.165) is 24.0 Å². The Morgan fingerprint density at radius 2 is 1.78 bits per heavy atom. The summed E-state index contributed by atoms with van der Waals surface area (Å²) in [6, 6.07) is 11.1. The van der Waals surface area contributed by atoms with Crippen LogP contribution < -0.4 is 0 Å². The molecule has 2 aromatic carbocycles. The molecule has 0 atom stereocenters. The van der Waals surface area contributed by atoms with Gasteiger partial charge in [-0.25, -0.2) is 4.39 Å². The zero-order valence-electron chi connectivity index (χ0n) is 14.4. The third kappa shape index (κ3) is 5.23. The molecule has 120 valence electrons. The SMILES string of the molecule is CN(C/C=C/C#CC(C)(C)C)Cc1cccc2c(F)cccc12. The van der Waals surface area contributed by atoms with E-state index >= 15 is 0 Å². The van der Waals surface area contributed by atoms with Gasteiger partial charge in [-0.1, -0.05) is 48.2 Å². The van der Waals surface area contributed by atoms with Crippen molar-refractivity contribution < 1.29 is 4.39 Å². The highest BCUT2D eigenvalue weighted by Gasteiger charge is 2.06. The summed E-state index contributed by atoms with van der Waals surface area (Å²) in [6.07, 6.45) is 3.97. The zero-order valence-corrected chi connectivity index (χ0v) is 14.4. The number of hydrogen-bond acceptors (Lipinski definition) is 1. The Morgan fingerprint density at radius 3 is 2.52 bits per heavy atom. The predicted molar refractivity (Wildman–Crippen MR) is 96.6 cm³/mol. The van der Waals surface area contributed by atoms with Gasteiger partial charge in [0.2, 0.25) is 0 Å². The lowest BCUT2D eigenvalue weighted by Gasteiger charge is -2.16. The molecule has 0 aliphatic rings. The number of likely N-dealkylation sites (N-methyl/N-ethyl adjacent to an activating group) is 1. The molecule has 2 aromatic rings. The molecule has 0 saturated carbocycles. The van der Waals surface area contributed by atoms with Crippen molar-refractivity contribution >= 4 is 10.8 Å². The van der Waals surface area contributed by atoms with Crippen molar-refractivity contribution in [2.45, 2.75) is 27.3 Å². The highest BCUT2D eigenvalue weighted by Crippen LogP contribution is 2.22. The fourth-order valence-electron chi connectivity index (χ4n) is 2.38. The Kier molecular flexibility index (Phi) is 5.58. The van der Waals surface area contributed by atoms with E-state index in [9.17, 15) is 4.39 Å². The van der Waals surface area contributed by atoms with E-state index in [1.165, 1.54) is 6.07 Å². The Labute approximate surface area is 138 Å². The summed E-state index contributed by atoms with van der Waals surface area (Å²) in [5.41, 5.74) is 1.17. The summed E-state index contributed by atoms with van der Waals surface area (Å²) >= 11 is 0. The number of benzene rings is 2. The molecule has 0 spiro atoms. The van der Waals surface area contributed by atoms with Gasteiger partial charge in [-0.3, -0.25) is 4.90 Å². The Bertz CT molecular complexity index is 757. The second-order valence-electron chi connectivity index (χ2n) is 6.87. The van der Waals surface area contributed by atoms with E-state index in [2.05, 4.69) is 56.7 Å². The van der Waals surface area contributed by atoms with Crippen LogP contribution in [-0.2, 0) is 6.54 Å². The summed E-state index contributed by atoms with van der Waals surface area (Å²) in [4.78, 5) is 2.19. The van der Waals surface area contributed by atoms with Gasteiger partial charge in [-0.2, -0.15) is 0 Å². The molecular weight excluding hydrogens is 285 g/mol. The van der Waals surface area contributed by atoms with Crippen molar-refractivity contribution in [2.75, 3.05) is 13.6 Å². The Morgan fingerprint density at radius 1 is 1.09 bits per heavy atom. The average Bonchev–Trinajstić information content (AvgIpc) is 2.47. The maximum atomic E-state index is 13.8. The normalized spacial score (nSPS) is 11.9. The van der Waals surface area contributed by atoms with Crippen LogP contribution >= 0.6 is 0 Å². The lowest BCUT2D eigenvalue weighted by molar-refractivity contribution is 0.365. The fourth-order valence-corrected chi connectivity index (χ4v) is 2.38. The topological polar surface area (TPSA) is 3.24 Å². The van der Waals surface area contributed by atoms with Crippen LogP contribution in [0.5, 0.6) is 0 Å². The van der Waals surface area contributed by atoms with Crippen LogP contribution in [0.25, 0.3) is 10.8 Å². The third-order valence-electron chi connectivity index (χ3n) is 3.46. The fraction of sp³-hybridized carbons (Fsp3) is 0.333. The standard InChI is InChI=1S/C21H24FN/c1-21(2,3)14-6-5-7-15-23(4)16-17-10-8-12-19-18(17)11-9-13-20(19)22/h5,7-13H,15-16H2,1-4H3/b7-5+. The Hall–Kier alpha value is -2.11. The van der Waals surface area contributed by atoms with E-state index in [1.807, 2.05) is 24.3 Å². The number of rotatable bonds is 4. The number of fused-ring (bicyclic) bond motifs is 1. The van der Waals surface area contributed by atoms with Crippen LogP contribution in [0.2, 0.25) is 0 Å². The van der Waals surface area contributed by atoms with Crippen LogP contribution in [-0.4, -0.2) is 18.5 Å². The molecule has 0 radical (unpaired) electrons. The van der Waals surface area contributed by atoms with Crippen LogP contribution in [0.4, 0.5) is 4.39 Å². The first-order valence-corrected chi connectivity index (χ1v) is 7.89. The van der Waals surface area contributed by atoms with Crippen LogP contribution in [0, 0.1) is 23.1 Å². The molecule has 2 heteroatoms. The minimum Gasteiger partial charge on any atom is -0.298 e. The predicted octanol–water partition coefficient (Wildman–Crippen LogP) is 5.02. The molecule has 0 aliphatic carbocycles. The van der Waals surface area contributed by atoms with E-state index in [0.29, 0.717) is 5.39 Å². The molecule has 23 heavy (non-hydrogen) atoms. The van der Waals surface area contributed by atoms with E-state index in [4.69, 9.17) is 0 Å². The lowest BCUT2D eigenvalue weighted by Crippen LogP contribution is -2.17. The summed E-state index contributed by atoms with van der Waals surface area (Å²) in [6.45, 7) is 7.88. The summed E-state index contributed by atoms with van der Waals surface area (Å²) in [5.74, 6) is 6.09. The van der Waals surface area contributed by atoms with Crippen LogP contribution in [0.15, 0.2) is 48.6 Å². The number of nitrogens with zero attached hydrogens (tertiary/aromatic N) is 1. The first kappa shape index (κ1) is 17.2. The monoisotopic (exact) mass is 309 g/mol. The second kappa shape index (κ2) is 7.44. The van der Waals surface area contributed by atoms with Gasteiger partial charge >= 0.3 is 0 Å². The summed E-state index contributed by atoms with van der Waals surface area (Å²) in [5, 5.41) is 1.67. The van der Waals surface area contributed by atoms with Gasteiger partial charge in [0.15, 0.2) is 0 Å². The second-order valence-corrected chi connectivity index (χ2v) is 6.87. The van der Waals surface area contributed by atoms with Crippen molar-refractivity contribution in [3.8, 4) is 11.8 Å². The van der Waals surface area contributed by atoms with Gasteiger partial charge < -0.3 is 0 Å². The van der Waals surface area contributed by atoms with Crippen molar-refractivity contribution in [3.63, 3.8) is 0 Å². The quantitative estimate of drug-likeness (QED) is 0.717. The number of hydrogen-bond donors (Lipinski definition) is 0. The molecule has 2 rings (SSSR count). The molecule has 1 nitrogen and oxygen atoms in total. The highest BCUT2D eigenvalue weighted by molar-refractivity contribution is 5.86. The minimum absolute atomic E-state index is 0.0310. The number of allylic oxidation sites excluding steroid dienone is 1. The van der Waals surface area contributed by atoms with E-state index in [1.54, 1.807) is 6.07 Å². The van der Waals surface area contributed by atoms with Gasteiger partial charge in [-0.15, -0.1) is 0 Å². The van der Waals surface area contributed by atoms with Crippen molar-refractivity contribution in [3.05, 3.63) is 59.9 Å². The molecule has 0 fully saturated rings. The van der Waals surface area contributed by atoms with Crippen molar-refractivity contribution in [1.29, 1.82) is 0 Å². The van der Waals surface area contributed by atoms with Crippen LogP contribution in [0.3, 0.4) is 0 Å². The largest absolute Gasteiger partial charge is 0.298 e. The molecule has 0 bridgehead atoms. The van der Waals surface area contributed by atoms with Crippen molar-refractivity contribution in [1.82, 2.24) is 4.90 Å². The van der Waals surface area contributed by atoms with E-state index < -0.39 is 0 Å². The van der Waals surface area contributed by atoms with E-state index in [-0.39, 0.29) is 11.2 Å². The third-order valence-corrected chi connectivity index (χ3v) is 3.46. The molecule has 0 N–H and O–H groups in total. The average molecular weight is 309 g/mol. The first-order chi connectivity index (χ1) is 10.9. The van der Waals surface area contributed by atoms with Gasteiger partial charge in [0, 0.05) is 23.9 Å². The molecule has 0 aromatic heterocycles. The molecule has 0 amide bonds. The van der Waals surface area contributed by atoms with Crippen molar-refractivity contribution in [2.24, 2.45) is 5.41 Å². The lowest BCUT2D eigenvalue weighted by atomic mass is 9.98.